The van der Waals surface area contributed by atoms with Crippen molar-refractivity contribution in [3.63, 3.8) is 0 Å². The van der Waals surface area contributed by atoms with Gasteiger partial charge < -0.3 is 4.74 Å². The fraction of sp³-hybridized carbons (Fsp3) is 0.111. The summed E-state index contributed by atoms with van der Waals surface area (Å²) in [4.78, 5) is 16.2. The number of fused-ring (bicyclic) bond motifs is 1. The van der Waals surface area contributed by atoms with Gasteiger partial charge in [0.05, 0.1) is 11.9 Å². The van der Waals surface area contributed by atoms with Gasteiger partial charge in [0.25, 0.3) is 0 Å². The van der Waals surface area contributed by atoms with E-state index in [-0.39, 0.29) is 12.4 Å². The second-order valence-electron chi connectivity index (χ2n) is 4.86. The van der Waals surface area contributed by atoms with Gasteiger partial charge in [-0.25, -0.2) is 0 Å². The number of rotatable bonds is 4. The molecule has 0 atom stereocenters. The van der Waals surface area contributed by atoms with Crippen LogP contribution >= 0.6 is 0 Å². The molecule has 0 fully saturated rings. The molecule has 0 unspecified atom stereocenters. The normalized spacial score (nSPS) is 10.5. The van der Waals surface area contributed by atoms with Crippen LogP contribution in [0.25, 0.3) is 10.9 Å². The van der Waals surface area contributed by atoms with Crippen LogP contribution in [0.4, 0.5) is 0 Å². The van der Waals surface area contributed by atoms with E-state index in [1.54, 1.807) is 6.20 Å². The average Bonchev–Trinajstić information content (AvgIpc) is 2.54. The van der Waals surface area contributed by atoms with E-state index in [1.165, 1.54) is 0 Å². The Morgan fingerprint density at radius 3 is 2.57 bits per heavy atom. The maximum atomic E-state index is 11.9. The van der Waals surface area contributed by atoms with Crippen molar-refractivity contribution >= 4 is 16.9 Å². The number of ether oxygens (including phenoxy) is 1. The number of para-hydroxylation sites is 1. The fourth-order valence-corrected chi connectivity index (χ4v) is 2.17. The quantitative estimate of drug-likeness (QED) is 0.685. The van der Waals surface area contributed by atoms with Gasteiger partial charge in [0.2, 0.25) is 0 Å². The molecule has 3 heteroatoms. The van der Waals surface area contributed by atoms with Crippen LogP contribution in [-0.4, -0.2) is 11.0 Å². The minimum Gasteiger partial charge on any atom is -0.461 e. The molecule has 0 spiro atoms. The molecule has 0 amide bonds. The molecule has 0 aliphatic heterocycles. The monoisotopic (exact) mass is 277 g/mol. The number of benzene rings is 2. The van der Waals surface area contributed by atoms with Gasteiger partial charge in [-0.05, 0) is 23.3 Å². The first-order valence-electron chi connectivity index (χ1n) is 6.84. The largest absolute Gasteiger partial charge is 0.461 e. The molecule has 0 aliphatic carbocycles. The Hall–Kier alpha value is -2.68. The van der Waals surface area contributed by atoms with Crippen LogP contribution in [0.3, 0.4) is 0 Å². The van der Waals surface area contributed by atoms with Crippen LogP contribution < -0.4 is 0 Å². The van der Waals surface area contributed by atoms with Crippen molar-refractivity contribution in [2.24, 2.45) is 0 Å². The number of carbonyl (C=O) groups excluding carboxylic acids is 1. The van der Waals surface area contributed by atoms with Crippen molar-refractivity contribution in [1.29, 1.82) is 0 Å². The first-order chi connectivity index (χ1) is 10.3. The molecule has 2 aromatic carbocycles. The first kappa shape index (κ1) is 13.3. The Morgan fingerprint density at radius 1 is 0.952 bits per heavy atom. The van der Waals surface area contributed by atoms with E-state index in [4.69, 9.17) is 4.74 Å². The molecular weight excluding hydrogens is 262 g/mol. The topological polar surface area (TPSA) is 39.2 Å². The molecule has 1 aromatic heterocycles. The van der Waals surface area contributed by atoms with Gasteiger partial charge in [-0.2, -0.15) is 0 Å². The van der Waals surface area contributed by atoms with Gasteiger partial charge in [-0.3, -0.25) is 9.78 Å². The highest BCUT2D eigenvalue weighted by atomic mass is 16.5. The van der Waals surface area contributed by atoms with Gasteiger partial charge in [0, 0.05) is 11.6 Å². The fourth-order valence-electron chi connectivity index (χ4n) is 2.17. The van der Waals surface area contributed by atoms with Crippen LogP contribution in [0.1, 0.15) is 11.1 Å². The molecule has 104 valence electrons. The number of hydrogen-bond acceptors (Lipinski definition) is 3. The summed E-state index contributed by atoms with van der Waals surface area (Å²) in [5, 5.41) is 1.03. The SMILES string of the molecule is O=C(Cc1cnc2ccccc2c1)OCc1ccccc1. The maximum absolute atomic E-state index is 11.9. The van der Waals surface area contributed by atoms with Crippen molar-refractivity contribution in [2.75, 3.05) is 0 Å². The average molecular weight is 277 g/mol. The Labute approximate surface area is 123 Å². The summed E-state index contributed by atoms with van der Waals surface area (Å²) in [6.07, 6.45) is 1.97. The summed E-state index contributed by atoms with van der Waals surface area (Å²) < 4.78 is 5.28. The number of esters is 1. The molecule has 1 heterocycles. The highest BCUT2D eigenvalue weighted by Crippen LogP contribution is 2.13. The predicted molar refractivity (Wildman–Crippen MR) is 81.7 cm³/mol. The molecule has 3 rings (SSSR count). The lowest BCUT2D eigenvalue weighted by molar-refractivity contribution is -0.144. The number of nitrogens with zero attached hydrogens (tertiary/aromatic N) is 1. The third-order valence-electron chi connectivity index (χ3n) is 3.24. The molecular formula is C18H15NO2. The molecule has 3 aromatic rings. The van der Waals surface area contributed by atoms with Gasteiger partial charge in [-0.15, -0.1) is 0 Å². The van der Waals surface area contributed by atoms with E-state index in [9.17, 15) is 4.79 Å². The number of aromatic nitrogens is 1. The highest BCUT2D eigenvalue weighted by molar-refractivity contribution is 5.80. The number of carbonyl (C=O) groups is 1. The molecule has 0 bridgehead atoms. The minimum absolute atomic E-state index is 0.240. The Balaban J connectivity index is 1.63. The van der Waals surface area contributed by atoms with E-state index < -0.39 is 0 Å². The van der Waals surface area contributed by atoms with E-state index in [2.05, 4.69) is 4.98 Å². The van der Waals surface area contributed by atoms with E-state index in [0.29, 0.717) is 6.61 Å². The van der Waals surface area contributed by atoms with Crippen LogP contribution in [0.5, 0.6) is 0 Å². The van der Waals surface area contributed by atoms with Gasteiger partial charge in [-0.1, -0.05) is 48.5 Å². The molecule has 0 aliphatic rings. The Morgan fingerprint density at radius 2 is 1.71 bits per heavy atom. The van der Waals surface area contributed by atoms with Crippen molar-refractivity contribution in [2.45, 2.75) is 13.0 Å². The van der Waals surface area contributed by atoms with Crippen LogP contribution in [-0.2, 0) is 22.6 Å². The molecule has 0 saturated heterocycles. The van der Waals surface area contributed by atoms with Gasteiger partial charge >= 0.3 is 5.97 Å². The standard InChI is InChI=1S/C18H15NO2/c20-18(21-13-14-6-2-1-3-7-14)11-15-10-16-8-4-5-9-17(16)19-12-15/h1-10,12H,11,13H2. The van der Waals surface area contributed by atoms with Crippen molar-refractivity contribution < 1.29 is 9.53 Å². The lowest BCUT2D eigenvalue weighted by Crippen LogP contribution is -2.08. The summed E-state index contributed by atoms with van der Waals surface area (Å²) in [7, 11) is 0. The van der Waals surface area contributed by atoms with Crippen molar-refractivity contribution in [3.8, 4) is 0 Å². The summed E-state index contributed by atoms with van der Waals surface area (Å²) >= 11 is 0. The Kier molecular flexibility index (Phi) is 3.92. The third kappa shape index (κ3) is 3.45. The highest BCUT2D eigenvalue weighted by Gasteiger charge is 2.06. The predicted octanol–water partition coefficient (Wildman–Crippen LogP) is 3.52. The summed E-state index contributed by atoms with van der Waals surface area (Å²) in [5.41, 5.74) is 2.79. The summed E-state index contributed by atoms with van der Waals surface area (Å²) in [6, 6.07) is 19.5. The smallest absolute Gasteiger partial charge is 0.310 e. The summed E-state index contributed by atoms with van der Waals surface area (Å²) in [5.74, 6) is -0.240. The third-order valence-corrected chi connectivity index (χ3v) is 3.24. The zero-order chi connectivity index (χ0) is 14.5. The van der Waals surface area contributed by atoms with Crippen molar-refractivity contribution in [3.05, 3.63) is 78.0 Å². The second-order valence-corrected chi connectivity index (χ2v) is 4.86. The lowest BCUT2D eigenvalue weighted by Gasteiger charge is -2.05. The Bertz CT molecular complexity index is 753. The summed E-state index contributed by atoms with van der Waals surface area (Å²) in [6.45, 7) is 0.306. The molecule has 0 saturated carbocycles. The van der Waals surface area contributed by atoms with Crippen LogP contribution in [0.2, 0.25) is 0 Å². The number of pyridine rings is 1. The molecule has 0 N–H and O–H groups in total. The zero-order valence-electron chi connectivity index (χ0n) is 11.5. The second kappa shape index (κ2) is 6.18. The minimum atomic E-state index is -0.240. The van der Waals surface area contributed by atoms with Crippen LogP contribution in [0.15, 0.2) is 66.9 Å². The van der Waals surface area contributed by atoms with E-state index in [0.717, 1.165) is 22.0 Å². The van der Waals surface area contributed by atoms with Crippen LogP contribution in [0, 0.1) is 0 Å². The van der Waals surface area contributed by atoms with E-state index in [1.807, 2.05) is 60.7 Å². The number of hydrogen-bond donors (Lipinski definition) is 0. The lowest BCUT2D eigenvalue weighted by atomic mass is 10.1. The van der Waals surface area contributed by atoms with Gasteiger partial charge in [0.15, 0.2) is 0 Å². The maximum Gasteiger partial charge on any atom is 0.310 e. The first-order valence-corrected chi connectivity index (χ1v) is 6.84. The molecule has 3 nitrogen and oxygen atoms in total. The molecule has 21 heavy (non-hydrogen) atoms. The van der Waals surface area contributed by atoms with Crippen molar-refractivity contribution in [1.82, 2.24) is 4.98 Å². The molecule has 0 radical (unpaired) electrons. The van der Waals surface area contributed by atoms with Gasteiger partial charge in [0.1, 0.15) is 6.61 Å². The zero-order valence-corrected chi connectivity index (χ0v) is 11.5. The van der Waals surface area contributed by atoms with E-state index >= 15 is 0 Å².